The van der Waals surface area contributed by atoms with Crippen LogP contribution < -0.4 is 10.6 Å². The summed E-state index contributed by atoms with van der Waals surface area (Å²) in [4.78, 5) is 11.6. The van der Waals surface area contributed by atoms with Crippen molar-refractivity contribution in [2.24, 2.45) is 5.92 Å². The fourth-order valence-electron chi connectivity index (χ4n) is 1.09. The lowest BCUT2D eigenvalue weighted by atomic mass is 10.1. The molecule has 0 bridgehead atoms. The predicted molar refractivity (Wildman–Crippen MR) is 70.6 cm³/mol. The van der Waals surface area contributed by atoms with Gasteiger partial charge >= 0.3 is 6.03 Å². The third kappa shape index (κ3) is 3.85. The topological polar surface area (TPSA) is 41.1 Å². The molecule has 0 saturated heterocycles. The Morgan fingerprint density at radius 1 is 1.25 bits per heavy atom. The van der Waals surface area contributed by atoms with E-state index in [0.717, 1.165) is 10.2 Å². The van der Waals surface area contributed by atoms with E-state index in [4.69, 9.17) is 0 Å². The number of hydrogen-bond acceptors (Lipinski definition) is 1. The van der Waals surface area contributed by atoms with Crippen molar-refractivity contribution in [1.29, 1.82) is 0 Å². The van der Waals surface area contributed by atoms with E-state index in [1.165, 1.54) is 0 Å². The minimum absolute atomic E-state index is 0.155. The number of nitrogens with one attached hydrogen (secondary N) is 2. The molecule has 88 valence electrons. The first-order valence-corrected chi connectivity index (χ1v) is 6.12. The molecule has 0 aliphatic heterocycles. The van der Waals surface area contributed by atoms with Gasteiger partial charge in [0.1, 0.15) is 0 Å². The van der Waals surface area contributed by atoms with Crippen molar-refractivity contribution in [1.82, 2.24) is 5.32 Å². The Bertz CT molecular complexity index is 366. The van der Waals surface area contributed by atoms with Crippen LogP contribution in [0.4, 0.5) is 10.5 Å². The van der Waals surface area contributed by atoms with Crippen LogP contribution in [-0.2, 0) is 0 Å². The Morgan fingerprint density at radius 2 is 1.88 bits per heavy atom. The average Bonchev–Trinajstić information content (AvgIpc) is 2.21. The predicted octanol–water partition coefficient (Wildman–Crippen LogP) is 3.62. The molecular weight excluding hydrogens is 268 g/mol. The van der Waals surface area contributed by atoms with Crippen molar-refractivity contribution in [2.45, 2.75) is 26.8 Å². The van der Waals surface area contributed by atoms with Crippen molar-refractivity contribution in [2.75, 3.05) is 5.32 Å². The number of benzene rings is 1. The molecule has 1 rings (SSSR count). The molecule has 0 spiro atoms. The monoisotopic (exact) mass is 284 g/mol. The van der Waals surface area contributed by atoms with Crippen molar-refractivity contribution in [3.8, 4) is 0 Å². The van der Waals surface area contributed by atoms with Crippen LogP contribution in [0.3, 0.4) is 0 Å². The number of anilines is 1. The number of hydrogen-bond donors (Lipinski definition) is 2. The zero-order chi connectivity index (χ0) is 12.1. The molecule has 0 saturated carbocycles. The molecule has 16 heavy (non-hydrogen) atoms. The number of halogens is 1. The molecular formula is C12H17BrN2O. The number of amides is 2. The number of para-hydroxylation sites is 1. The van der Waals surface area contributed by atoms with E-state index in [-0.39, 0.29) is 12.1 Å². The largest absolute Gasteiger partial charge is 0.335 e. The first kappa shape index (κ1) is 13.0. The van der Waals surface area contributed by atoms with Crippen LogP contribution in [0.15, 0.2) is 28.7 Å². The maximum atomic E-state index is 11.6. The Labute approximate surface area is 105 Å². The first-order chi connectivity index (χ1) is 7.50. The summed E-state index contributed by atoms with van der Waals surface area (Å²) in [6, 6.07) is 7.51. The van der Waals surface area contributed by atoms with E-state index in [0.29, 0.717) is 5.92 Å². The number of carbonyl (C=O) groups is 1. The van der Waals surface area contributed by atoms with Gasteiger partial charge in [-0.2, -0.15) is 0 Å². The number of carbonyl (C=O) groups excluding carboxylic acids is 1. The lowest BCUT2D eigenvalue weighted by molar-refractivity contribution is 0.246. The van der Waals surface area contributed by atoms with Gasteiger partial charge in [0.25, 0.3) is 0 Å². The Balaban J connectivity index is 2.55. The molecule has 0 heterocycles. The van der Waals surface area contributed by atoms with Gasteiger partial charge in [-0.05, 0) is 40.9 Å². The molecule has 0 aliphatic rings. The maximum absolute atomic E-state index is 11.6. The molecule has 2 N–H and O–H groups in total. The standard InChI is InChI=1S/C12H17BrN2O/c1-8(2)9(3)14-12(16)15-11-7-5-4-6-10(11)13/h4-9H,1-3H3,(H2,14,15,16). The zero-order valence-electron chi connectivity index (χ0n) is 9.75. The van der Waals surface area contributed by atoms with Crippen LogP contribution in [0.2, 0.25) is 0 Å². The second kappa shape index (κ2) is 5.89. The van der Waals surface area contributed by atoms with Crippen molar-refractivity contribution < 1.29 is 4.79 Å². The quantitative estimate of drug-likeness (QED) is 0.875. The lowest BCUT2D eigenvalue weighted by Crippen LogP contribution is -2.39. The highest BCUT2D eigenvalue weighted by Gasteiger charge is 2.11. The highest BCUT2D eigenvalue weighted by molar-refractivity contribution is 9.10. The SMILES string of the molecule is CC(C)C(C)NC(=O)Nc1ccccc1Br. The molecule has 1 aromatic carbocycles. The summed E-state index contributed by atoms with van der Waals surface area (Å²) >= 11 is 3.38. The molecule has 0 radical (unpaired) electrons. The molecule has 2 amide bonds. The summed E-state index contributed by atoms with van der Waals surface area (Å²) < 4.78 is 0.877. The van der Waals surface area contributed by atoms with Crippen LogP contribution in [-0.4, -0.2) is 12.1 Å². The third-order valence-electron chi connectivity index (χ3n) is 2.48. The van der Waals surface area contributed by atoms with Crippen LogP contribution in [0, 0.1) is 5.92 Å². The Morgan fingerprint density at radius 3 is 2.44 bits per heavy atom. The average molecular weight is 285 g/mol. The Kier molecular flexibility index (Phi) is 4.80. The lowest BCUT2D eigenvalue weighted by Gasteiger charge is -2.18. The molecule has 3 nitrogen and oxygen atoms in total. The highest BCUT2D eigenvalue weighted by Crippen LogP contribution is 2.20. The van der Waals surface area contributed by atoms with Crippen molar-refractivity contribution >= 4 is 27.6 Å². The van der Waals surface area contributed by atoms with Gasteiger partial charge in [0.05, 0.1) is 5.69 Å². The highest BCUT2D eigenvalue weighted by atomic mass is 79.9. The van der Waals surface area contributed by atoms with Gasteiger partial charge < -0.3 is 10.6 Å². The van der Waals surface area contributed by atoms with E-state index < -0.39 is 0 Å². The Hall–Kier alpha value is -1.03. The van der Waals surface area contributed by atoms with Gasteiger partial charge in [0, 0.05) is 10.5 Å². The second-order valence-electron chi connectivity index (χ2n) is 4.11. The minimum Gasteiger partial charge on any atom is -0.335 e. The van der Waals surface area contributed by atoms with E-state index in [9.17, 15) is 4.79 Å². The minimum atomic E-state index is -0.173. The van der Waals surface area contributed by atoms with E-state index in [1.807, 2.05) is 31.2 Å². The fourth-order valence-corrected chi connectivity index (χ4v) is 1.48. The normalized spacial score (nSPS) is 12.3. The van der Waals surface area contributed by atoms with Gasteiger partial charge in [0.15, 0.2) is 0 Å². The molecule has 1 unspecified atom stereocenters. The molecule has 0 fully saturated rings. The van der Waals surface area contributed by atoms with E-state index in [1.54, 1.807) is 0 Å². The van der Waals surface area contributed by atoms with Gasteiger partial charge in [0.2, 0.25) is 0 Å². The molecule has 0 aliphatic carbocycles. The summed E-state index contributed by atoms with van der Waals surface area (Å²) in [6.45, 7) is 6.14. The summed E-state index contributed by atoms with van der Waals surface area (Å²) in [5, 5.41) is 5.68. The fraction of sp³-hybridized carbons (Fsp3) is 0.417. The molecule has 0 aromatic heterocycles. The summed E-state index contributed by atoms with van der Waals surface area (Å²) in [5.74, 6) is 0.421. The second-order valence-corrected chi connectivity index (χ2v) is 4.97. The smallest absolute Gasteiger partial charge is 0.319 e. The van der Waals surface area contributed by atoms with Crippen molar-refractivity contribution in [3.05, 3.63) is 28.7 Å². The van der Waals surface area contributed by atoms with Gasteiger partial charge in [-0.3, -0.25) is 0 Å². The number of urea groups is 1. The zero-order valence-corrected chi connectivity index (χ0v) is 11.3. The van der Waals surface area contributed by atoms with E-state index in [2.05, 4.69) is 40.4 Å². The van der Waals surface area contributed by atoms with E-state index >= 15 is 0 Å². The molecule has 1 aromatic rings. The summed E-state index contributed by atoms with van der Waals surface area (Å²) in [5.41, 5.74) is 0.774. The van der Waals surface area contributed by atoms with Crippen LogP contribution in [0.5, 0.6) is 0 Å². The first-order valence-electron chi connectivity index (χ1n) is 5.32. The van der Waals surface area contributed by atoms with Crippen molar-refractivity contribution in [3.63, 3.8) is 0 Å². The van der Waals surface area contributed by atoms with Crippen LogP contribution in [0.1, 0.15) is 20.8 Å². The number of rotatable bonds is 3. The van der Waals surface area contributed by atoms with Crippen LogP contribution in [0.25, 0.3) is 0 Å². The summed E-state index contributed by atoms with van der Waals surface area (Å²) in [6.07, 6.45) is 0. The molecule has 1 atom stereocenters. The third-order valence-corrected chi connectivity index (χ3v) is 3.17. The van der Waals surface area contributed by atoms with Gasteiger partial charge in [-0.1, -0.05) is 26.0 Å². The van der Waals surface area contributed by atoms with Gasteiger partial charge in [-0.25, -0.2) is 4.79 Å². The van der Waals surface area contributed by atoms with Gasteiger partial charge in [-0.15, -0.1) is 0 Å². The van der Waals surface area contributed by atoms with Crippen LogP contribution >= 0.6 is 15.9 Å². The summed E-state index contributed by atoms with van der Waals surface area (Å²) in [7, 11) is 0. The molecule has 4 heteroatoms. The maximum Gasteiger partial charge on any atom is 0.319 e.